The summed E-state index contributed by atoms with van der Waals surface area (Å²) in [6, 6.07) is 13.8. The summed E-state index contributed by atoms with van der Waals surface area (Å²) in [7, 11) is 0. The molecule has 1 unspecified atom stereocenters. The van der Waals surface area contributed by atoms with Crippen LogP contribution in [0.25, 0.3) is 0 Å². The van der Waals surface area contributed by atoms with Crippen LogP contribution < -0.4 is 10.6 Å². The number of aliphatic carboxylic acids is 1. The number of amides is 1. The highest BCUT2D eigenvalue weighted by Gasteiger charge is 2.48. The zero-order valence-corrected chi connectivity index (χ0v) is 12.2. The molecule has 1 atom stereocenters. The minimum atomic E-state index is -1.34. The second-order valence-corrected chi connectivity index (χ2v) is 5.54. The van der Waals surface area contributed by atoms with E-state index in [4.69, 9.17) is 11.6 Å². The summed E-state index contributed by atoms with van der Waals surface area (Å²) >= 11 is 5.86. The van der Waals surface area contributed by atoms with Gasteiger partial charge in [0.05, 0.1) is 6.42 Å². The number of nitrogens with one attached hydrogen (secondary N) is 2. The van der Waals surface area contributed by atoms with Crippen LogP contribution in [-0.2, 0) is 15.1 Å². The molecule has 0 saturated carbocycles. The van der Waals surface area contributed by atoms with E-state index in [0.29, 0.717) is 22.0 Å². The van der Waals surface area contributed by atoms with Gasteiger partial charge in [0.25, 0.3) is 5.91 Å². The van der Waals surface area contributed by atoms with Crippen molar-refractivity contribution >= 4 is 34.9 Å². The molecule has 112 valence electrons. The summed E-state index contributed by atoms with van der Waals surface area (Å²) in [5.74, 6) is -1.45. The Bertz CT molecular complexity index is 745. The van der Waals surface area contributed by atoms with Crippen molar-refractivity contribution in [2.24, 2.45) is 0 Å². The Balaban J connectivity index is 2.07. The lowest BCUT2D eigenvalue weighted by Crippen LogP contribution is -2.44. The topological polar surface area (TPSA) is 78.4 Å². The lowest BCUT2D eigenvalue weighted by atomic mass is 9.87. The number of carboxylic acid groups (broad SMARTS) is 1. The third kappa shape index (κ3) is 2.40. The van der Waals surface area contributed by atoms with Crippen LogP contribution in [0.4, 0.5) is 11.4 Å². The molecule has 0 bridgehead atoms. The molecule has 2 aromatic carbocycles. The summed E-state index contributed by atoms with van der Waals surface area (Å²) in [6.45, 7) is 0. The quantitative estimate of drug-likeness (QED) is 0.810. The molecule has 0 radical (unpaired) electrons. The van der Waals surface area contributed by atoms with Crippen LogP contribution >= 0.6 is 11.6 Å². The molecule has 0 spiro atoms. The number of halogens is 1. The average molecular weight is 317 g/mol. The number of carboxylic acids is 1. The number of hydrogen-bond acceptors (Lipinski definition) is 3. The van der Waals surface area contributed by atoms with Gasteiger partial charge in [0.1, 0.15) is 0 Å². The van der Waals surface area contributed by atoms with Crippen molar-refractivity contribution in [3.8, 4) is 0 Å². The van der Waals surface area contributed by atoms with Gasteiger partial charge in [0, 0.05) is 22.0 Å². The molecule has 0 fully saturated rings. The highest BCUT2D eigenvalue weighted by molar-refractivity contribution is 6.30. The van der Waals surface area contributed by atoms with Crippen molar-refractivity contribution in [2.45, 2.75) is 12.0 Å². The average Bonchev–Trinajstić information content (AvgIpc) is 2.74. The molecule has 2 aromatic rings. The molecule has 3 rings (SSSR count). The first-order valence-corrected chi connectivity index (χ1v) is 7.05. The summed E-state index contributed by atoms with van der Waals surface area (Å²) < 4.78 is 0. The van der Waals surface area contributed by atoms with E-state index in [1.807, 2.05) is 0 Å². The molecule has 1 amide bonds. The number of carbonyl (C=O) groups excluding carboxylic acids is 1. The van der Waals surface area contributed by atoms with Crippen molar-refractivity contribution in [3.63, 3.8) is 0 Å². The molecule has 5 nitrogen and oxygen atoms in total. The van der Waals surface area contributed by atoms with Crippen molar-refractivity contribution in [3.05, 3.63) is 59.1 Å². The van der Waals surface area contributed by atoms with Gasteiger partial charge in [-0.25, -0.2) is 0 Å². The Hall–Kier alpha value is -2.53. The van der Waals surface area contributed by atoms with E-state index in [0.717, 1.165) is 0 Å². The van der Waals surface area contributed by atoms with Gasteiger partial charge in [-0.3, -0.25) is 9.59 Å². The van der Waals surface area contributed by atoms with Crippen LogP contribution in [0.5, 0.6) is 0 Å². The SMILES string of the molecule is O=C(O)CC1(Nc2ccc(Cl)cc2)C(=O)Nc2ccccc21. The third-order valence-electron chi connectivity index (χ3n) is 3.64. The van der Waals surface area contributed by atoms with Gasteiger partial charge in [-0.2, -0.15) is 0 Å². The zero-order chi connectivity index (χ0) is 15.7. The minimum Gasteiger partial charge on any atom is -0.481 e. The molecule has 1 heterocycles. The summed E-state index contributed by atoms with van der Waals surface area (Å²) in [5, 5.41) is 15.6. The Morgan fingerprint density at radius 3 is 2.55 bits per heavy atom. The van der Waals surface area contributed by atoms with E-state index in [-0.39, 0.29) is 12.3 Å². The second kappa shape index (κ2) is 5.35. The molecule has 6 heteroatoms. The van der Waals surface area contributed by atoms with Crippen molar-refractivity contribution < 1.29 is 14.7 Å². The van der Waals surface area contributed by atoms with E-state index < -0.39 is 11.5 Å². The van der Waals surface area contributed by atoms with Crippen LogP contribution in [0.2, 0.25) is 5.02 Å². The number of para-hydroxylation sites is 1. The van der Waals surface area contributed by atoms with Gasteiger partial charge in [0.2, 0.25) is 0 Å². The Kier molecular flexibility index (Phi) is 3.50. The number of rotatable bonds is 4. The smallest absolute Gasteiger partial charge is 0.306 e. The highest BCUT2D eigenvalue weighted by atomic mass is 35.5. The number of hydrogen-bond donors (Lipinski definition) is 3. The molecular weight excluding hydrogens is 304 g/mol. The number of carbonyl (C=O) groups is 2. The van der Waals surface area contributed by atoms with E-state index in [9.17, 15) is 14.7 Å². The van der Waals surface area contributed by atoms with Crippen LogP contribution in [0.1, 0.15) is 12.0 Å². The fourth-order valence-electron chi connectivity index (χ4n) is 2.67. The molecule has 22 heavy (non-hydrogen) atoms. The first-order chi connectivity index (χ1) is 10.5. The van der Waals surface area contributed by atoms with Gasteiger partial charge >= 0.3 is 5.97 Å². The fraction of sp³-hybridized carbons (Fsp3) is 0.125. The lowest BCUT2D eigenvalue weighted by Gasteiger charge is -2.28. The number of anilines is 2. The maximum atomic E-state index is 12.5. The van der Waals surface area contributed by atoms with Gasteiger partial charge in [0.15, 0.2) is 5.54 Å². The predicted molar refractivity (Wildman–Crippen MR) is 84.1 cm³/mol. The predicted octanol–water partition coefficient (Wildman–Crippen LogP) is 3.07. The standard InChI is InChI=1S/C16H13ClN2O3/c17-10-5-7-11(8-6-10)19-16(9-14(20)21)12-3-1-2-4-13(12)18-15(16)22/h1-8,19H,9H2,(H,18,22)(H,20,21). The van der Waals surface area contributed by atoms with E-state index in [1.54, 1.807) is 48.5 Å². The molecule has 0 saturated heterocycles. The number of benzene rings is 2. The van der Waals surface area contributed by atoms with Crippen LogP contribution in [0.15, 0.2) is 48.5 Å². The second-order valence-electron chi connectivity index (χ2n) is 5.11. The first kappa shape index (κ1) is 14.4. The van der Waals surface area contributed by atoms with E-state index in [1.165, 1.54) is 0 Å². The van der Waals surface area contributed by atoms with Gasteiger partial charge in [-0.15, -0.1) is 0 Å². The first-order valence-electron chi connectivity index (χ1n) is 6.68. The minimum absolute atomic E-state index is 0.363. The fourth-order valence-corrected chi connectivity index (χ4v) is 2.79. The van der Waals surface area contributed by atoms with Crippen LogP contribution in [0.3, 0.4) is 0 Å². The van der Waals surface area contributed by atoms with Crippen molar-refractivity contribution in [2.75, 3.05) is 10.6 Å². The molecule has 1 aliphatic rings. The van der Waals surface area contributed by atoms with E-state index in [2.05, 4.69) is 10.6 Å². The highest BCUT2D eigenvalue weighted by Crippen LogP contribution is 2.40. The Morgan fingerprint density at radius 1 is 1.18 bits per heavy atom. The number of fused-ring (bicyclic) bond motifs is 1. The zero-order valence-electron chi connectivity index (χ0n) is 11.5. The van der Waals surface area contributed by atoms with E-state index >= 15 is 0 Å². The monoisotopic (exact) mass is 316 g/mol. The molecule has 1 aliphatic heterocycles. The summed E-state index contributed by atoms with van der Waals surface area (Å²) in [4.78, 5) is 23.8. The molecule has 0 aromatic heterocycles. The van der Waals surface area contributed by atoms with Crippen LogP contribution in [0, 0.1) is 0 Å². The largest absolute Gasteiger partial charge is 0.481 e. The van der Waals surface area contributed by atoms with Gasteiger partial charge < -0.3 is 15.7 Å². The summed E-state index contributed by atoms with van der Waals surface area (Å²) in [5.41, 5.74) is 0.529. The molecule has 3 N–H and O–H groups in total. The Labute approximate surface area is 131 Å². The van der Waals surface area contributed by atoms with Crippen molar-refractivity contribution in [1.29, 1.82) is 0 Å². The maximum absolute atomic E-state index is 12.5. The summed E-state index contributed by atoms with van der Waals surface area (Å²) in [6.07, 6.45) is -0.363. The van der Waals surface area contributed by atoms with Gasteiger partial charge in [-0.1, -0.05) is 29.8 Å². The lowest BCUT2D eigenvalue weighted by molar-refractivity contribution is -0.140. The maximum Gasteiger partial charge on any atom is 0.306 e. The van der Waals surface area contributed by atoms with Crippen LogP contribution in [-0.4, -0.2) is 17.0 Å². The van der Waals surface area contributed by atoms with Crippen molar-refractivity contribution in [1.82, 2.24) is 0 Å². The normalized spacial score (nSPS) is 19.4. The van der Waals surface area contributed by atoms with Gasteiger partial charge in [-0.05, 0) is 30.3 Å². The third-order valence-corrected chi connectivity index (χ3v) is 3.89. The Morgan fingerprint density at radius 2 is 1.86 bits per heavy atom. The molecular formula is C16H13ClN2O3. The molecule has 0 aliphatic carbocycles.